The molecule has 1 aliphatic heterocycles. The van der Waals surface area contributed by atoms with Crippen LogP contribution < -0.4 is 9.80 Å². The van der Waals surface area contributed by atoms with E-state index < -0.39 is 11.7 Å². The zero-order valence-corrected chi connectivity index (χ0v) is 10.7. The number of alkyl halides is 3. The molecule has 0 saturated carbocycles. The van der Waals surface area contributed by atoms with Crippen LogP contribution in [0.1, 0.15) is 5.56 Å². The SMILES string of the molecule is FC(F)(F)c1ccc(N2[C]N(c3ccccn3)C=C2)cc1. The van der Waals surface area contributed by atoms with Crippen LogP contribution in [-0.2, 0) is 6.18 Å². The second-order valence-corrected chi connectivity index (χ2v) is 4.37. The van der Waals surface area contributed by atoms with E-state index in [0.717, 1.165) is 12.1 Å². The maximum Gasteiger partial charge on any atom is 0.416 e. The summed E-state index contributed by atoms with van der Waals surface area (Å²) in [5.74, 6) is 0.683. The predicted octanol–water partition coefficient (Wildman–Crippen LogP) is 3.89. The summed E-state index contributed by atoms with van der Waals surface area (Å²) in [4.78, 5) is 7.44. The van der Waals surface area contributed by atoms with Crippen LogP contribution in [0.2, 0.25) is 0 Å². The monoisotopic (exact) mass is 289 g/mol. The largest absolute Gasteiger partial charge is 0.416 e. The lowest BCUT2D eigenvalue weighted by atomic mass is 10.2. The minimum atomic E-state index is -4.33. The summed E-state index contributed by atoms with van der Waals surface area (Å²) < 4.78 is 37.6. The van der Waals surface area contributed by atoms with Gasteiger partial charge in [-0.1, -0.05) is 6.07 Å². The van der Waals surface area contributed by atoms with E-state index in [1.807, 2.05) is 12.1 Å². The molecule has 0 amide bonds. The van der Waals surface area contributed by atoms with Gasteiger partial charge in [0.25, 0.3) is 0 Å². The standard InChI is InChI=1S/C15H10F3N3/c16-15(17,18)12-4-6-13(7-5-12)20-9-10-21(11-20)14-3-1-2-8-19-14/h1-10H. The Balaban J connectivity index is 1.74. The molecule has 3 rings (SSSR count). The number of pyridine rings is 1. The number of halogens is 3. The Hall–Kier alpha value is -2.50. The molecular weight excluding hydrogens is 279 g/mol. The molecule has 2 aromatic rings. The number of benzene rings is 1. The molecule has 0 saturated heterocycles. The third-order valence-electron chi connectivity index (χ3n) is 2.95. The summed E-state index contributed by atoms with van der Waals surface area (Å²) >= 11 is 0. The van der Waals surface area contributed by atoms with Gasteiger partial charge in [-0.2, -0.15) is 13.2 Å². The third kappa shape index (κ3) is 2.84. The van der Waals surface area contributed by atoms with Gasteiger partial charge in [0.2, 0.25) is 6.67 Å². The predicted molar refractivity (Wildman–Crippen MR) is 73.0 cm³/mol. The first-order valence-electron chi connectivity index (χ1n) is 6.15. The number of hydrogen-bond acceptors (Lipinski definition) is 3. The van der Waals surface area contributed by atoms with Crippen molar-refractivity contribution in [3.63, 3.8) is 0 Å². The Morgan fingerprint density at radius 2 is 1.62 bits per heavy atom. The lowest BCUT2D eigenvalue weighted by Gasteiger charge is -2.18. The Bertz CT molecular complexity index is 635. The van der Waals surface area contributed by atoms with Crippen LogP contribution in [0.4, 0.5) is 24.7 Å². The van der Waals surface area contributed by atoms with E-state index in [0.29, 0.717) is 11.5 Å². The van der Waals surface area contributed by atoms with Crippen LogP contribution in [0.25, 0.3) is 0 Å². The van der Waals surface area contributed by atoms with Gasteiger partial charge in [-0.25, -0.2) is 4.98 Å². The number of anilines is 2. The van der Waals surface area contributed by atoms with E-state index in [2.05, 4.69) is 11.7 Å². The average molecular weight is 289 g/mol. The van der Waals surface area contributed by atoms with Crippen molar-refractivity contribution in [2.45, 2.75) is 6.18 Å². The van der Waals surface area contributed by atoms with Crippen LogP contribution in [0.5, 0.6) is 0 Å². The molecule has 1 aromatic carbocycles. The molecule has 2 radical (unpaired) electrons. The molecular formula is C15H10F3N3. The Morgan fingerprint density at radius 3 is 2.24 bits per heavy atom. The van der Waals surface area contributed by atoms with Crippen molar-refractivity contribution in [3.05, 3.63) is 73.3 Å². The topological polar surface area (TPSA) is 19.4 Å². The summed E-state index contributed by atoms with van der Waals surface area (Å²) in [6, 6.07) is 10.4. The van der Waals surface area contributed by atoms with Crippen molar-refractivity contribution < 1.29 is 13.2 Å². The molecule has 0 N–H and O–H groups in total. The molecule has 0 aliphatic carbocycles. The first-order valence-corrected chi connectivity index (χ1v) is 6.15. The van der Waals surface area contributed by atoms with Crippen molar-refractivity contribution >= 4 is 11.5 Å². The zero-order valence-electron chi connectivity index (χ0n) is 10.7. The second kappa shape index (κ2) is 5.12. The van der Waals surface area contributed by atoms with Gasteiger partial charge in [0.1, 0.15) is 5.82 Å². The average Bonchev–Trinajstić information content (AvgIpc) is 2.97. The fourth-order valence-corrected chi connectivity index (χ4v) is 1.89. The number of aromatic nitrogens is 1. The summed E-state index contributed by atoms with van der Waals surface area (Å²) in [6.07, 6.45) is 0.774. The van der Waals surface area contributed by atoms with Crippen molar-refractivity contribution in [2.75, 3.05) is 9.80 Å². The fraction of sp³-hybridized carbons (Fsp3) is 0.0667. The molecule has 0 unspecified atom stereocenters. The van der Waals surface area contributed by atoms with Crippen LogP contribution in [0.3, 0.4) is 0 Å². The summed E-state index contributed by atoms with van der Waals surface area (Å²) in [6.45, 7) is 2.99. The van der Waals surface area contributed by atoms with Crippen LogP contribution in [0.15, 0.2) is 61.1 Å². The zero-order chi connectivity index (χ0) is 14.9. The lowest BCUT2D eigenvalue weighted by Crippen LogP contribution is -2.18. The van der Waals surface area contributed by atoms with Crippen LogP contribution in [-0.4, -0.2) is 4.98 Å². The summed E-state index contributed by atoms with van der Waals surface area (Å²) in [5.41, 5.74) is -0.0753. The molecule has 0 spiro atoms. The molecule has 2 heterocycles. The molecule has 1 aromatic heterocycles. The van der Waals surface area contributed by atoms with Crippen molar-refractivity contribution in [3.8, 4) is 0 Å². The van der Waals surface area contributed by atoms with Crippen molar-refractivity contribution in [1.82, 2.24) is 4.98 Å². The Kier molecular flexibility index (Phi) is 3.29. The lowest BCUT2D eigenvalue weighted by molar-refractivity contribution is -0.137. The van der Waals surface area contributed by atoms with Crippen LogP contribution >= 0.6 is 0 Å². The molecule has 0 bridgehead atoms. The van der Waals surface area contributed by atoms with E-state index in [4.69, 9.17) is 0 Å². The molecule has 0 fully saturated rings. The van der Waals surface area contributed by atoms with E-state index in [1.54, 1.807) is 34.5 Å². The highest BCUT2D eigenvalue weighted by atomic mass is 19.4. The molecule has 3 nitrogen and oxygen atoms in total. The fourth-order valence-electron chi connectivity index (χ4n) is 1.89. The smallest absolute Gasteiger partial charge is 0.315 e. The van der Waals surface area contributed by atoms with Gasteiger partial charge in [-0.3, -0.25) is 4.90 Å². The maximum atomic E-state index is 12.5. The van der Waals surface area contributed by atoms with E-state index in [9.17, 15) is 13.2 Å². The third-order valence-corrected chi connectivity index (χ3v) is 2.95. The van der Waals surface area contributed by atoms with Gasteiger partial charge in [-0.05, 0) is 36.4 Å². The highest BCUT2D eigenvalue weighted by molar-refractivity contribution is 5.60. The van der Waals surface area contributed by atoms with Gasteiger partial charge >= 0.3 is 6.18 Å². The highest BCUT2D eigenvalue weighted by Gasteiger charge is 2.30. The maximum absolute atomic E-state index is 12.5. The Labute approximate surface area is 119 Å². The second-order valence-electron chi connectivity index (χ2n) is 4.37. The first kappa shape index (κ1) is 13.5. The van der Waals surface area contributed by atoms with Gasteiger partial charge in [0.15, 0.2) is 0 Å². The number of rotatable bonds is 2. The van der Waals surface area contributed by atoms with Crippen molar-refractivity contribution in [1.29, 1.82) is 0 Å². The number of nitrogens with zero attached hydrogens (tertiary/aromatic N) is 3. The van der Waals surface area contributed by atoms with Gasteiger partial charge in [0, 0.05) is 24.3 Å². The van der Waals surface area contributed by atoms with Crippen LogP contribution in [0, 0.1) is 6.67 Å². The highest BCUT2D eigenvalue weighted by Crippen LogP contribution is 2.32. The first-order chi connectivity index (χ1) is 10.0. The Morgan fingerprint density at radius 1 is 0.905 bits per heavy atom. The molecule has 0 atom stereocenters. The summed E-state index contributed by atoms with van der Waals surface area (Å²) in [7, 11) is 0. The van der Waals surface area contributed by atoms with Gasteiger partial charge in [0.05, 0.1) is 5.56 Å². The number of hydrogen-bond donors (Lipinski definition) is 0. The van der Waals surface area contributed by atoms with Crippen molar-refractivity contribution in [2.24, 2.45) is 0 Å². The minimum Gasteiger partial charge on any atom is -0.315 e. The minimum absolute atomic E-state index is 0.595. The quantitative estimate of drug-likeness (QED) is 0.836. The van der Waals surface area contributed by atoms with E-state index in [1.165, 1.54) is 12.1 Å². The molecule has 1 aliphatic rings. The molecule has 6 heteroatoms. The molecule has 106 valence electrons. The van der Waals surface area contributed by atoms with E-state index >= 15 is 0 Å². The van der Waals surface area contributed by atoms with E-state index in [-0.39, 0.29) is 0 Å². The normalized spacial score (nSPS) is 14.8. The summed E-state index contributed by atoms with van der Waals surface area (Å²) in [5, 5.41) is 0. The molecule has 21 heavy (non-hydrogen) atoms. The van der Waals surface area contributed by atoms with Gasteiger partial charge in [-0.15, -0.1) is 0 Å². The van der Waals surface area contributed by atoms with Gasteiger partial charge < -0.3 is 4.90 Å².